The van der Waals surface area contributed by atoms with Gasteiger partial charge in [-0.1, -0.05) is 11.6 Å². The van der Waals surface area contributed by atoms with Crippen molar-refractivity contribution in [2.45, 2.75) is 18.9 Å². The van der Waals surface area contributed by atoms with Crippen LogP contribution in [0.25, 0.3) is 0 Å². The van der Waals surface area contributed by atoms with Gasteiger partial charge in [-0.15, -0.1) is 0 Å². The Bertz CT molecular complexity index is 753. The van der Waals surface area contributed by atoms with Crippen molar-refractivity contribution in [1.29, 1.82) is 0 Å². The molecule has 0 spiro atoms. The first-order valence-electron chi connectivity index (χ1n) is 7.57. The van der Waals surface area contributed by atoms with E-state index in [0.717, 1.165) is 31.7 Å². The van der Waals surface area contributed by atoms with Gasteiger partial charge in [0.05, 0.1) is 12.4 Å². The number of halogens is 1. The number of nitrogens with two attached hydrogens (primary N) is 2. The van der Waals surface area contributed by atoms with Gasteiger partial charge in [-0.05, 0) is 12.8 Å². The molecule has 9 nitrogen and oxygen atoms in total. The zero-order valence-corrected chi connectivity index (χ0v) is 14.0. The Kier molecular flexibility index (Phi) is 4.54. The number of aromatic nitrogens is 4. The second kappa shape index (κ2) is 6.62. The topological polar surface area (TPSA) is 128 Å². The molecule has 1 fully saturated rings. The SMILES string of the molecule is Cn1ncc(NC(=O)c2nc(Cl)cnc2N)c1N1CCC(N)CC1. The van der Waals surface area contributed by atoms with E-state index in [-0.39, 0.29) is 22.7 Å². The number of hydrogen-bond donors (Lipinski definition) is 3. The highest BCUT2D eigenvalue weighted by Gasteiger charge is 2.24. The summed E-state index contributed by atoms with van der Waals surface area (Å²) in [5, 5.41) is 7.12. The molecule has 128 valence electrons. The van der Waals surface area contributed by atoms with Gasteiger partial charge in [0, 0.05) is 26.2 Å². The molecule has 0 aromatic carbocycles. The van der Waals surface area contributed by atoms with Gasteiger partial charge in [0.1, 0.15) is 10.8 Å². The molecule has 0 bridgehead atoms. The van der Waals surface area contributed by atoms with Crippen LogP contribution in [0, 0.1) is 0 Å². The predicted molar refractivity (Wildman–Crippen MR) is 92.0 cm³/mol. The van der Waals surface area contributed by atoms with Crippen LogP contribution in [0.4, 0.5) is 17.3 Å². The number of amides is 1. The standard InChI is InChI=1S/C14H19ClN8O/c1-22-14(23-4-2-8(16)3-5-23)9(6-19-22)20-13(24)11-12(17)18-7-10(15)21-11/h6-8H,2-5,16H2,1H3,(H2,17,18)(H,20,24). The van der Waals surface area contributed by atoms with Crippen LogP contribution in [-0.2, 0) is 7.05 Å². The number of piperidine rings is 1. The summed E-state index contributed by atoms with van der Waals surface area (Å²) in [5.41, 5.74) is 12.2. The molecular weight excluding hydrogens is 332 g/mol. The highest BCUT2D eigenvalue weighted by molar-refractivity contribution is 6.29. The highest BCUT2D eigenvalue weighted by Crippen LogP contribution is 2.28. The monoisotopic (exact) mass is 350 g/mol. The van der Waals surface area contributed by atoms with Gasteiger partial charge < -0.3 is 21.7 Å². The second-order valence-electron chi connectivity index (χ2n) is 5.71. The quantitative estimate of drug-likeness (QED) is 0.740. The Balaban J connectivity index is 1.83. The van der Waals surface area contributed by atoms with E-state index < -0.39 is 5.91 Å². The van der Waals surface area contributed by atoms with E-state index in [1.807, 2.05) is 7.05 Å². The third-order valence-electron chi connectivity index (χ3n) is 3.98. The summed E-state index contributed by atoms with van der Waals surface area (Å²) in [5.74, 6) is 0.362. The van der Waals surface area contributed by atoms with E-state index in [0.29, 0.717) is 5.69 Å². The van der Waals surface area contributed by atoms with Crippen molar-refractivity contribution in [3.8, 4) is 0 Å². The minimum atomic E-state index is -0.481. The average Bonchev–Trinajstić information content (AvgIpc) is 2.91. The molecule has 2 aromatic rings. The Morgan fingerprint density at radius 3 is 2.79 bits per heavy atom. The lowest BCUT2D eigenvalue weighted by atomic mass is 10.1. The number of carbonyl (C=O) groups is 1. The number of aryl methyl sites for hydroxylation is 1. The van der Waals surface area contributed by atoms with Crippen LogP contribution in [0.15, 0.2) is 12.4 Å². The molecular formula is C14H19ClN8O. The van der Waals surface area contributed by atoms with Crippen LogP contribution >= 0.6 is 11.6 Å². The molecule has 2 aromatic heterocycles. The van der Waals surface area contributed by atoms with Gasteiger partial charge in [-0.25, -0.2) is 9.97 Å². The third-order valence-corrected chi connectivity index (χ3v) is 4.16. The summed E-state index contributed by atoms with van der Waals surface area (Å²) in [7, 11) is 1.83. The fourth-order valence-corrected chi connectivity index (χ4v) is 2.86. The maximum atomic E-state index is 12.5. The molecule has 0 atom stereocenters. The number of carbonyl (C=O) groups excluding carboxylic acids is 1. The number of rotatable bonds is 3. The van der Waals surface area contributed by atoms with Crippen molar-refractivity contribution in [3.05, 3.63) is 23.2 Å². The van der Waals surface area contributed by atoms with Crippen molar-refractivity contribution < 1.29 is 4.79 Å². The van der Waals surface area contributed by atoms with E-state index in [1.54, 1.807) is 10.9 Å². The Hall–Kier alpha value is -2.39. The van der Waals surface area contributed by atoms with Crippen molar-refractivity contribution in [2.24, 2.45) is 12.8 Å². The van der Waals surface area contributed by atoms with Crippen molar-refractivity contribution in [1.82, 2.24) is 19.7 Å². The summed E-state index contributed by atoms with van der Waals surface area (Å²) < 4.78 is 1.72. The fraction of sp³-hybridized carbons (Fsp3) is 0.429. The van der Waals surface area contributed by atoms with Gasteiger partial charge in [-0.2, -0.15) is 5.10 Å². The molecule has 1 amide bonds. The number of nitrogens with zero attached hydrogens (tertiary/aromatic N) is 5. The average molecular weight is 351 g/mol. The number of hydrogen-bond acceptors (Lipinski definition) is 7. The van der Waals surface area contributed by atoms with Gasteiger partial charge in [0.2, 0.25) is 0 Å². The summed E-state index contributed by atoms with van der Waals surface area (Å²) >= 11 is 5.79. The smallest absolute Gasteiger partial charge is 0.278 e. The van der Waals surface area contributed by atoms with E-state index in [1.165, 1.54) is 6.20 Å². The molecule has 1 aliphatic rings. The maximum absolute atomic E-state index is 12.5. The maximum Gasteiger partial charge on any atom is 0.278 e. The lowest BCUT2D eigenvalue weighted by Gasteiger charge is -2.32. The van der Waals surface area contributed by atoms with Crippen LogP contribution in [-0.4, -0.2) is 44.8 Å². The normalized spacial score (nSPS) is 15.5. The van der Waals surface area contributed by atoms with E-state index in [9.17, 15) is 4.79 Å². The summed E-state index contributed by atoms with van der Waals surface area (Å²) in [6, 6.07) is 0.217. The van der Waals surface area contributed by atoms with Crippen molar-refractivity contribution in [2.75, 3.05) is 29.0 Å². The van der Waals surface area contributed by atoms with Crippen molar-refractivity contribution in [3.63, 3.8) is 0 Å². The summed E-state index contributed by atoms with van der Waals surface area (Å²) in [4.78, 5) is 22.4. The van der Waals surface area contributed by atoms with Gasteiger partial charge in [-0.3, -0.25) is 9.48 Å². The lowest BCUT2D eigenvalue weighted by molar-refractivity contribution is 0.102. The molecule has 10 heteroatoms. The van der Waals surface area contributed by atoms with Gasteiger partial charge >= 0.3 is 0 Å². The van der Waals surface area contributed by atoms with Gasteiger partial charge in [0.25, 0.3) is 5.91 Å². The number of nitrogens with one attached hydrogen (secondary N) is 1. The minimum Gasteiger partial charge on any atom is -0.382 e. The second-order valence-corrected chi connectivity index (χ2v) is 6.10. The molecule has 3 heterocycles. The molecule has 0 saturated carbocycles. The minimum absolute atomic E-state index is 0.0158. The zero-order valence-electron chi connectivity index (χ0n) is 13.2. The van der Waals surface area contributed by atoms with E-state index in [2.05, 4.69) is 25.3 Å². The zero-order chi connectivity index (χ0) is 17.3. The van der Waals surface area contributed by atoms with Crippen LogP contribution < -0.4 is 21.7 Å². The third kappa shape index (κ3) is 3.26. The first kappa shape index (κ1) is 16.5. The first-order valence-corrected chi connectivity index (χ1v) is 7.95. The molecule has 1 saturated heterocycles. The van der Waals surface area contributed by atoms with Crippen LogP contribution in [0.2, 0.25) is 5.15 Å². The van der Waals surface area contributed by atoms with Crippen molar-refractivity contribution >= 4 is 34.8 Å². The van der Waals surface area contributed by atoms with E-state index >= 15 is 0 Å². The number of nitrogen functional groups attached to an aromatic ring is 1. The highest BCUT2D eigenvalue weighted by atomic mass is 35.5. The summed E-state index contributed by atoms with van der Waals surface area (Å²) in [6.07, 6.45) is 4.67. The van der Waals surface area contributed by atoms with E-state index in [4.69, 9.17) is 23.1 Å². The number of anilines is 3. The molecule has 24 heavy (non-hydrogen) atoms. The first-order chi connectivity index (χ1) is 11.5. The van der Waals surface area contributed by atoms with Crippen LogP contribution in [0.1, 0.15) is 23.3 Å². The fourth-order valence-electron chi connectivity index (χ4n) is 2.73. The lowest BCUT2D eigenvalue weighted by Crippen LogP contribution is -2.40. The molecule has 5 N–H and O–H groups in total. The largest absolute Gasteiger partial charge is 0.382 e. The Morgan fingerprint density at radius 1 is 1.38 bits per heavy atom. The molecule has 1 aliphatic heterocycles. The van der Waals surface area contributed by atoms with Gasteiger partial charge in [0.15, 0.2) is 17.3 Å². The molecule has 0 aliphatic carbocycles. The Morgan fingerprint density at radius 2 is 2.08 bits per heavy atom. The van der Waals surface area contributed by atoms with Crippen LogP contribution in [0.5, 0.6) is 0 Å². The predicted octanol–water partition coefficient (Wildman–Crippen LogP) is 0.625. The Labute approximate surface area is 144 Å². The summed E-state index contributed by atoms with van der Waals surface area (Å²) in [6.45, 7) is 1.62. The molecule has 0 radical (unpaired) electrons. The van der Waals surface area contributed by atoms with Crippen LogP contribution in [0.3, 0.4) is 0 Å². The molecule has 3 rings (SSSR count). The molecule has 0 unspecified atom stereocenters.